The number of carbonyl (C=O) groups is 4. The summed E-state index contributed by atoms with van der Waals surface area (Å²) in [5, 5.41) is 121. The number of amides is 2. The fourth-order valence-corrected chi connectivity index (χ4v) is 8.04. The quantitative estimate of drug-likeness (QED) is 0.0349. The van der Waals surface area contributed by atoms with E-state index in [0.717, 1.165) is 44.4 Å². The van der Waals surface area contributed by atoms with Gasteiger partial charge in [0.25, 0.3) is 11.7 Å². The third kappa shape index (κ3) is 13.6. The van der Waals surface area contributed by atoms with Crippen molar-refractivity contribution in [3.8, 4) is 11.5 Å². The minimum Gasteiger partial charge on any atom is -0.508 e. The summed E-state index contributed by atoms with van der Waals surface area (Å²) in [5.41, 5.74) is -0.285. The topological polar surface area (TPSA) is 389 Å². The molecule has 3 saturated heterocycles. The molecule has 3 aliphatic heterocycles. The Bertz CT molecular complexity index is 1730. The first kappa shape index (κ1) is 54.7. The minimum absolute atomic E-state index is 0.0772. The maximum Gasteiger partial charge on any atom is 0.364 e. The van der Waals surface area contributed by atoms with Gasteiger partial charge in [-0.2, -0.15) is 0 Å². The van der Waals surface area contributed by atoms with Crippen molar-refractivity contribution in [1.29, 1.82) is 0 Å². The van der Waals surface area contributed by atoms with Gasteiger partial charge < -0.3 is 105 Å². The molecular formula is C41H64N2O23. The highest BCUT2D eigenvalue weighted by molar-refractivity contribution is 5.97. The summed E-state index contributed by atoms with van der Waals surface area (Å²) in [6.45, 7) is -1.76. The van der Waals surface area contributed by atoms with Gasteiger partial charge in [-0.1, -0.05) is 25.7 Å². The Morgan fingerprint density at radius 1 is 0.833 bits per heavy atom. The lowest BCUT2D eigenvalue weighted by Crippen LogP contribution is -2.71. The highest BCUT2D eigenvalue weighted by Crippen LogP contribution is 2.39. The highest BCUT2D eigenvalue weighted by Gasteiger charge is 2.60. The minimum atomic E-state index is -3.08. The van der Waals surface area contributed by atoms with E-state index >= 15 is 0 Å². The van der Waals surface area contributed by atoms with Gasteiger partial charge in [0.2, 0.25) is 5.91 Å². The Morgan fingerprint density at radius 2 is 1.48 bits per heavy atom. The number of aliphatic hydroxyl groups is 8. The number of aliphatic carboxylic acids is 1. The number of carbonyl (C=O) groups excluding carboxylic acids is 3. The van der Waals surface area contributed by atoms with E-state index < -0.39 is 147 Å². The van der Waals surface area contributed by atoms with Crippen molar-refractivity contribution in [2.45, 2.75) is 156 Å². The molecule has 25 heteroatoms. The Labute approximate surface area is 379 Å². The molecular weight excluding hydrogens is 888 g/mol. The monoisotopic (exact) mass is 952 g/mol. The van der Waals surface area contributed by atoms with Crippen LogP contribution in [0.3, 0.4) is 0 Å². The second-order valence-electron chi connectivity index (χ2n) is 16.2. The number of benzene rings is 1. The molecule has 1 aromatic rings. The molecule has 0 aliphatic carbocycles. The molecule has 0 saturated carbocycles. The lowest BCUT2D eigenvalue weighted by Gasteiger charge is -2.51. The second-order valence-corrected chi connectivity index (χ2v) is 16.2. The van der Waals surface area contributed by atoms with Crippen molar-refractivity contribution in [2.75, 3.05) is 40.6 Å². The molecule has 0 spiro atoms. The van der Waals surface area contributed by atoms with E-state index in [1.54, 1.807) is 0 Å². The summed E-state index contributed by atoms with van der Waals surface area (Å²) in [6.07, 6.45) is -20.3. The zero-order valence-corrected chi connectivity index (χ0v) is 36.7. The van der Waals surface area contributed by atoms with Crippen LogP contribution in [0.15, 0.2) is 18.2 Å². The lowest BCUT2D eigenvalue weighted by molar-refractivity contribution is -0.383. The number of esters is 1. The molecule has 13 N–H and O–H groups in total. The van der Waals surface area contributed by atoms with Crippen molar-refractivity contribution in [3.05, 3.63) is 23.8 Å². The van der Waals surface area contributed by atoms with E-state index in [-0.39, 0.29) is 23.9 Å². The number of unbranched alkanes of at least 4 members (excludes halogenated alkanes) is 5. The van der Waals surface area contributed by atoms with Crippen molar-refractivity contribution in [2.24, 2.45) is 0 Å². The van der Waals surface area contributed by atoms with Crippen LogP contribution in [0.5, 0.6) is 11.5 Å². The number of carboxylic acid groups (broad SMARTS) is 1. The van der Waals surface area contributed by atoms with Crippen LogP contribution in [-0.2, 0) is 52.3 Å². The van der Waals surface area contributed by atoms with Crippen molar-refractivity contribution in [3.63, 3.8) is 0 Å². The first-order valence-electron chi connectivity index (χ1n) is 21.5. The number of aliphatic hydroxyl groups excluding tert-OH is 8. The normalized spacial score (nSPS) is 33.3. The molecule has 0 radical (unpaired) electrons. The van der Waals surface area contributed by atoms with Crippen LogP contribution in [0.4, 0.5) is 0 Å². The lowest BCUT2D eigenvalue weighted by atomic mass is 9.88. The van der Waals surface area contributed by atoms with Gasteiger partial charge in [0.05, 0.1) is 44.6 Å². The van der Waals surface area contributed by atoms with Gasteiger partial charge >= 0.3 is 11.9 Å². The summed E-state index contributed by atoms with van der Waals surface area (Å²) in [6, 6.07) is 0.302. The molecule has 4 rings (SSSR count). The number of phenols is 2. The van der Waals surface area contributed by atoms with Gasteiger partial charge in [-0.3, -0.25) is 14.4 Å². The van der Waals surface area contributed by atoms with E-state index in [9.17, 15) is 75.3 Å². The highest BCUT2D eigenvalue weighted by atomic mass is 16.8. The Balaban J connectivity index is 1.61. The predicted octanol–water partition coefficient (Wildman–Crippen LogP) is -3.79. The third-order valence-electron chi connectivity index (χ3n) is 11.5. The predicted molar refractivity (Wildman–Crippen MR) is 218 cm³/mol. The van der Waals surface area contributed by atoms with Crippen molar-refractivity contribution >= 4 is 23.8 Å². The Morgan fingerprint density at radius 3 is 2.08 bits per heavy atom. The largest absolute Gasteiger partial charge is 0.508 e. The third-order valence-corrected chi connectivity index (χ3v) is 11.5. The molecule has 66 heavy (non-hydrogen) atoms. The summed E-state index contributed by atoms with van der Waals surface area (Å²) in [5.74, 6) is -7.94. The first-order chi connectivity index (χ1) is 31.4. The van der Waals surface area contributed by atoms with Gasteiger partial charge in [0.15, 0.2) is 12.6 Å². The van der Waals surface area contributed by atoms with Gasteiger partial charge in [-0.15, -0.1) is 0 Å². The van der Waals surface area contributed by atoms with Crippen molar-refractivity contribution in [1.82, 2.24) is 10.6 Å². The zero-order valence-electron chi connectivity index (χ0n) is 36.7. The van der Waals surface area contributed by atoms with Crippen LogP contribution < -0.4 is 10.6 Å². The number of carboxylic acids is 1. The van der Waals surface area contributed by atoms with Gasteiger partial charge in [0.1, 0.15) is 78.6 Å². The van der Waals surface area contributed by atoms with Crippen LogP contribution in [0.25, 0.3) is 0 Å². The summed E-state index contributed by atoms with van der Waals surface area (Å²) < 4.78 is 45.9. The molecule has 0 aromatic heterocycles. The molecule has 25 nitrogen and oxygen atoms in total. The molecule has 3 heterocycles. The summed E-state index contributed by atoms with van der Waals surface area (Å²) >= 11 is 0. The number of hydrogen-bond acceptors (Lipinski definition) is 22. The average Bonchev–Trinajstić information content (AvgIpc) is 3.28. The van der Waals surface area contributed by atoms with Crippen LogP contribution in [0.2, 0.25) is 0 Å². The summed E-state index contributed by atoms with van der Waals surface area (Å²) in [7, 11) is 2.53. The molecule has 1 aromatic carbocycles. The zero-order chi connectivity index (χ0) is 48.9. The second kappa shape index (κ2) is 25.5. The Hall–Kier alpha value is -3.90. The number of aromatic hydroxyl groups is 2. The van der Waals surface area contributed by atoms with Gasteiger partial charge in [-0.25, -0.2) is 4.79 Å². The maximum atomic E-state index is 13.7. The van der Waals surface area contributed by atoms with E-state index in [2.05, 4.69) is 15.4 Å². The standard InChI is InChI=1S/C41H64N2O23/c1-19(47)42-28-23(50)15-41(40(57)58,65-34(28)30(53)24(51)16-44)66-36-31(54)25(17-45)62-39(32(36)55)64-33-26(18-46)63-38(61-13-9-7-5-4-6-8-10-27(52)59-2)29(35(33)60-3)43-37(56)21-12-11-20(48)14-22(21)49/h11-12,14,23-26,28-36,38-39,44-46,48-51,53-55H,4-10,13,15-18H2,1-3H3,(H,42,47)(H,43,56)(H,57,58)/t23?,24?,25?,26?,28-,29?,30?,31+,32?,33-,34?,35?,36?,38-,39?,41+/m1/s1. The number of rotatable bonds is 24. The SMILES string of the molecule is COC(=O)CCCCCCCCO[C@@H]1OC(CO)[C@@H](OC2OC(CO)[C@H](O)C(O[C@]3(C(=O)O)CC(O)[C@@H](NC(C)=O)C(C(O)C(O)CO)O3)C2O)C(OC)C1NC(=O)c1ccc(O)cc1O. The van der Waals surface area contributed by atoms with E-state index in [1.165, 1.54) is 14.2 Å². The van der Waals surface area contributed by atoms with Crippen molar-refractivity contribution < 1.29 is 113 Å². The number of nitrogens with one attached hydrogen (secondary N) is 2. The maximum absolute atomic E-state index is 13.7. The van der Waals surface area contributed by atoms with Crippen LogP contribution >= 0.6 is 0 Å². The van der Waals surface area contributed by atoms with E-state index in [4.69, 9.17) is 33.2 Å². The number of ether oxygens (including phenoxy) is 8. The molecule has 16 atom stereocenters. The molecule has 0 bridgehead atoms. The smallest absolute Gasteiger partial charge is 0.364 e. The fourth-order valence-electron chi connectivity index (χ4n) is 8.04. The van der Waals surface area contributed by atoms with Crippen LogP contribution in [0.1, 0.15) is 68.6 Å². The van der Waals surface area contributed by atoms with E-state index in [1.807, 2.05) is 0 Å². The molecule has 2 amide bonds. The van der Waals surface area contributed by atoms with Crippen LogP contribution in [-0.4, -0.2) is 218 Å². The summed E-state index contributed by atoms with van der Waals surface area (Å²) in [4.78, 5) is 50.0. The first-order valence-corrected chi connectivity index (χ1v) is 21.5. The molecule has 3 aliphatic rings. The molecule has 376 valence electrons. The number of hydrogen-bond donors (Lipinski definition) is 13. The van der Waals surface area contributed by atoms with Gasteiger partial charge in [0, 0.05) is 39.5 Å². The Kier molecular flexibility index (Phi) is 21.1. The number of methoxy groups -OCH3 is 2. The van der Waals surface area contributed by atoms with E-state index in [0.29, 0.717) is 25.7 Å². The van der Waals surface area contributed by atoms with Gasteiger partial charge in [-0.05, 0) is 25.0 Å². The fraction of sp³-hybridized carbons (Fsp3) is 0.756. The molecule has 11 unspecified atom stereocenters. The number of phenolic OH excluding ortho intramolecular Hbond substituents is 2. The van der Waals surface area contributed by atoms with Crippen LogP contribution in [0, 0.1) is 0 Å². The molecule has 3 fully saturated rings. The average molecular weight is 953 g/mol.